The lowest BCUT2D eigenvalue weighted by molar-refractivity contribution is -0.138. The molecule has 6 nitrogen and oxygen atoms in total. The Morgan fingerprint density at radius 1 is 1.08 bits per heavy atom. The van der Waals surface area contributed by atoms with Crippen LogP contribution in [0.15, 0.2) is 60.7 Å². The number of halogens is 5. The molecular weight excluding hydrogens is 528 g/mol. The molecule has 0 aliphatic carbocycles. The number of aliphatic hydroxyl groups excluding tert-OH is 1. The number of benzene rings is 3. The third-order valence-corrected chi connectivity index (χ3v) is 5.14. The normalized spacial score (nSPS) is 10.3. The molecule has 0 unspecified atom stereocenters. The molecule has 0 spiro atoms. The zero-order valence-corrected chi connectivity index (χ0v) is 20.8. The van der Waals surface area contributed by atoms with Crippen LogP contribution >= 0.6 is 11.6 Å². The van der Waals surface area contributed by atoms with Gasteiger partial charge in [-0.05, 0) is 42.5 Å². The van der Waals surface area contributed by atoms with Gasteiger partial charge in [-0.2, -0.15) is 13.2 Å². The van der Waals surface area contributed by atoms with E-state index in [1.54, 1.807) is 0 Å². The molecule has 0 aliphatic rings. The number of hydrogen-bond acceptors (Lipinski definition) is 5. The molecule has 3 N–H and O–H groups in total. The first-order valence-electron chi connectivity index (χ1n) is 10.7. The Morgan fingerprint density at radius 3 is 2.32 bits per heavy atom. The molecule has 0 aromatic heterocycles. The van der Waals surface area contributed by atoms with Gasteiger partial charge in [-0.25, -0.2) is 4.39 Å². The second kappa shape index (κ2) is 13.4. The van der Waals surface area contributed by atoms with E-state index >= 15 is 0 Å². The van der Waals surface area contributed by atoms with Gasteiger partial charge in [-0.15, -0.1) is 0 Å². The number of nitrogens with one attached hydrogen (secondary N) is 2. The summed E-state index contributed by atoms with van der Waals surface area (Å²) in [6, 6.07) is 12.6. The van der Waals surface area contributed by atoms with Crippen molar-refractivity contribution in [1.82, 2.24) is 0 Å². The number of alkyl halides is 3. The summed E-state index contributed by atoms with van der Waals surface area (Å²) in [5, 5.41) is 19.3. The van der Waals surface area contributed by atoms with Gasteiger partial charge < -0.3 is 15.2 Å². The maximum Gasteiger partial charge on any atom is 0.417 e. The van der Waals surface area contributed by atoms with Crippen LogP contribution in [0.3, 0.4) is 0 Å². The van der Waals surface area contributed by atoms with Crippen LogP contribution in [-0.4, -0.2) is 36.4 Å². The Labute approximate surface area is 220 Å². The van der Waals surface area contributed by atoms with Crippen molar-refractivity contribution in [3.63, 3.8) is 0 Å². The minimum absolute atomic E-state index is 0.0450. The standard InChI is InChI=1S/C24H15ClF4N2O2.C3H6O2/c25-18-8-3-7-17(24(27,28)29)21(18)23(33)31-20-13-14(5-4-12-32)10-11-16(20)22(30)15-6-1-2-9-19(15)26;1-3(4)5-2/h1-3,6-11,13,30,32H,12H2,(H,31,33);1-2H3. The highest BCUT2D eigenvalue weighted by molar-refractivity contribution is 6.34. The van der Waals surface area contributed by atoms with E-state index in [2.05, 4.69) is 21.9 Å². The first-order valence-corrected chi connectivity index (χ1v) is 11.1. The molecule has 0 bridgehead atoms. The first-order chi connectivity index (χ1) is 17.9. The largest absolute Gasteiger partial charge is 0.469 e. The van der Waals surface area contributed by atoms with Crippen molar-refractivity contribution >= 4 is 34.9 Å². The zero-order chi connectivity index (χ0) is 28.5. The first kappa shape index (κ1) is 30.0. The molecule has 3 aromatic carbocycles. The quantitative estimate of drug-likeness (QED) is 0.169. The van der Waals surface area contributed by atoms with Gasteiger partial charge >= 0.3 is 12.1 Å². The molecule has 0 saturated carbocycles. The molecule has 1 amide bonds. The Morgan fingerprint density at radius 2 is 1.74 bits per heavy atom. The molecule has 0 atom stereocenters. The zero-order valence-electron chi connectivity index (χ0n) is 20.0. The summed E-state index contributed by atoms with van der Waals surface area (Å²) in [4.78, 5) is 22.5. The van der Waals surface area contributed by atoms with Gasteiger partial charge in [0, 0.05) is 23.6 Å². The number of methoxy groups -OCH3 is 1. The maximum absolute atomic E-state index is 14.2. The number of carbonyl (C=O) groups excluding carboxylic acids is 2. The molecule has 3 rings (SSSR count). The molecule has 0 aliphatic heterocycles. The summed E-state index contributed by atoms with van der Waals surface area (Å²) < 4.78 is 58.7. The van der Waals surface area contributed by atoms with Gasteiger partial charge in [0.2, 0.25) is 0 Å². The van der Waals surface area contributed by atoms with Gasteiger partial charge in [0.1, 0.15) is 12.4 Å². The van der Waals surface area contributed by atoms with Crippen LogP contribution in [0.5, 0.6) is 0 Å². The number of rotatable bonds is 4. The van der Waals surface area contributed by atoms with Crippen molar-refractivity contribution in [1.29, 1.82) is 5.41 Å². The Balaban J connectivity index is 0.000000926. The SMILES string of the molecule is COC(C)=O.N=C(c1ccccc1F)c1ccc(C#CCO)cc1NC(=O)c1c(Cl)cccc1C(F)(F)F. The number of anilines is 1. The van der Waals surface area contributed by atoms with E-state index in [9.17, 15) is 27.2 Å². The summed E-state index contributed by atoms with van der Waals surface area (Å²) in [5.41, 5.74) is -2.12. The minimum atomic E-state index is -4.84. The molecule has 0 saturated heterocycles. The van der Waals surface area contributed by atoms with E-state index in [0.717, 1.165) is 24.3 Å². The van der Waals surface area contributed by atoms with E-state index in [1.807, 2.05) is 0 Å². The van der Waals surface area contributed by atoms with E-state index in [1.165, 1.54) is 50.4 Å². The number of aliphatic hydroxyl groups is 1. The van der Waals surface area contributed by atoms with Crippen LogP contribution in [-0.2, 0) is 15.7 Å². The minimum Gasteiger partial charge on any atom is -0.469 e. The second-order valence-corrected chi connectivity index (χ2v) is 7.79. The average Bonchev–Trinajstić information content (AvgIpc) is 2.87. The topological polar surface area (TPSA) is 99.5 Å². The monoisotopic (exact) mass is 548 g/mol. The number of ether oxygens (including phenoxy) is 1. The van der Waals surface area contributed by atoms with E-state index in [-0.39, 0.29) is 28.5 Å². The summed E-state index contributed by atoms with van der Waals surface area (Å²) in [5.74, 6) is 2.93. The molecule has 198 valence electrons. The predicted molar refractivity (Wildman–Crippen MR) is 135 cm³/mol. The van der Waals surface area contributed by atoms with Gasteiger partial charge in [-0.3, -0.25) is 15.0 Å². The lowest BCUT2D eigenvalue weighted by Gasteiger charge is -2.17. The van der Waals surface area contributed by atoms with Crippen LogP contribution in [0.1, 0.15) is 39.5 Å². The Bertz CT molecular complexity index is 1410. The van der Waals surface area contributed by atoms with Crippen molar-refractivity contribution in [3.8, 4) is 11.8 Å². The van der Waals surface area contributed by atoms with Gasteiger partial charge in [0.05, 0.1) is 34.7 Å². The number of hydrogen-bond donors (Lipinski definition) is 3. The Hall–Kier alpha value is -4.20. The lowest BCUT2D eigenvalue weighted by atomic mass is 9.98. The van der Waals surface area contributed by atoms with Crippen LogP contribution in [0.25, 0.3) is 0 Å². The molecule has 38 heavy (non-hydrogen) atoms. The predicted octanol–water partition coefficient (Wildman–Crippen LogP) is 5.69. The maximum atomic E-state index is 14.2. The molecule has 0 fully saturated rings. The molecule has 0 heterocycles. The van der Waals surface area contributed by atoms with Crippen molar-refractivity contribution < 1.29 is 37.0 Å². The lowest BCUT2D eigenvalue weighted by Crippen LogP contribution is -2.21. The summed E-state index contributed by atoms with van der Waals surface area (Å²) in [7, 11) is 1.35. The van der Waals surface area contributed by atoms with E-state index in [4.69, 9.17) is 22.1 Å². The Kier molecular flexibility index (Phi) is 10.6. The highest BCUT2D eigenvalue weighted by atomic mass is 35.5. The third-order valence-electron chi connectivity index (χ3n) is 4.83. The van der Waals surface area contributed by atoms with Crippen molar-refractivity contribution in [2.75, 3.05) is 19.0 Å². The van der Waals surface area contributed by atoms with E-state index in [0.29, 0.717) is 5.56 Å². The molecule has 0 radical (unpaired) electrons. The van der Waals surface area contributed by atoms with Crippen molar-refractivity contribution in [2.45, 2.75) is 13.1 Å². The molecular formula is C27H21ClF4N2O4. The highest BCUT2D eigenvalue weighted by Gasteiger charge is 2.36. The summed E-state index contributed by atoms with van der Waals surface area (Å²) in [6.07, 6.45) is -4.84. The van der Waals surface area contributed by atoms with Crippen LogP contribution < -0.4 is 5.32 Å². The van der Waals surface area contributed by atoms with Gasteiger partial charge in [0.25, 0.3) is 5.91 Å². The average molecular weight is 549 g/mol. The summed E-state index contributed by atoms with van der Waals surface area (Å²) >= 11 is 5.91. The van der Waals surface area contributed by atoms with Crippen LogP contribution in [0.2, 0.25) is 5.02 Å². The number of carbonyl (C=O) groups is 2. The van der Waals surface area contributed by atoms with Gasteiger partial charge in [-0.1, -0.05) is 41.6 Å². The van der Waals surface area contributed by atoms with Crippen molar-refractivity contribution in [3.05, 3.63) is 99.3 Å². The number of esters is 1. The fraction of sp³-hybridized carbons (Fsp3) is 0.148. The second-order valence-electron chi connectivity index (χ2n) is 7.39. The molecule has 11 heteroatoms. The van der Waals surface area contributed by atoms with Crippen LogP contribution in [0.4, 0.5) is 23.2 Å². The van der Waals surface area contributed by atoms with Gasteiger partial charge in [0.15, 0.2) is 0 Å². The number of amides is 1. The highest BCUT2D eigenvalue weighted by Crippen LogP contribution is 2.35. The summed E-state index contributed by atoms with van der Waals surface area (Å²) in [6.45, 7) is 0.920. The smallest absolute Gasteiger partial charge is 0.417 e. The fourth-order valence-electron chi connectivity index (χ4n) is 3.07. The van der Waals surface area contributed by atoms with E-state index < -0.39 is 40.7 Å². The third kappa shape index (κ3) is 7.90. The van der Waals surface area contributed by atoms with Crippen LogP contribution in [0, 0.1) is 23.1 Å². The van der Waals surface area contributed by atoms with Crippen molar-refractivity contribution in [2.24, 2.45) is 0 Å². The fourth-order valence-corrected chi connectivity index (χ4v) is 3.33. The molecule has 3 aromatic rings.